The maximum Gasteiger partial charge on any atom is 0.333 e. The Bertz CT molecular complexity index is 1210. The molecule has 2 amide bonds. The Kier molecular flexibility index (Phi) is 12.5. The van der Waals surface area contributed by atoms with E-state index in [-0.39, 0.29) is 24.9 Å². The van der Waals surface area contributed by atoms with Crippen molar-refractivity contribution in [3.05, 3.63) is 89.2 Å². The van der Waals surface area contributed by atoms with Gasteiger partial charge in [-0.3, -0.25) is 0 Å². The first kappa shape index (κ1) is 30.7. The van der Waals surface area contributed by atoms with Gasteiger partial charge in [0, 0.05) is 19.6 Å². The molecule has 0 aliphatic heterocycles. The lowest BCUT2D eigenvalue weighted by Gasteiger charge is -2.23. The molecular formula is C30H34ClFN2O6. The fourth-order valence-corrected chi connectivity index (χ4v) is 4.01. The van der Waals surface area contributed by atoms with Crippen molar-refractivity contribution in [2.75, 3.05) is 38.2 Å². The predicted octanol–water partition coefficient (Wildman–Crippen LogP) is 6.28. The Morgan fingerprint density at radius 1 is 0.925 bits per heavy atom. The van der Waals surface area contributed by atoms with Crippen molar-refractivity contribution in [2.24, 2.45) is 0 Å². The van der Waals surface area contributed by atoms with Crippen LogP contribution in [0.25, 0.3) is 0 Å². The molecule has 0 aliphatic rings. The van der Waals surface area contributed by atoms with E-state index in [4.69, 9.17) is 25.8 Å². The molecule has 3 aromatic rings. The minimum atomic E-state index is -1.00. The number of carboxylic acids is 1. The Morgan fingerprint density at radius 3 is 2.23 bits per heavy atom. The van der Waals surface area contributed by atoms with E-state index in [1.165, 1.54) is 12.1 Å². The van der Waals surface area contributed by atoms with Crippen LogP contribution in [-0.4, -0.2) is 61.0 Å². The largest absolute Gasteiger partial charge is 0.494 e. The van der Waals surface area contributed by atoms with Gasteiger partial charge < -0.3 is 29.5 Å². The van der Waals surface area contributed by atoms with E-state index in [0.29, 0.717) is 61.4 Å². The highest BCUT2D eigenvalue weighted by atomic mass is 35.5. The number of para-hydroxylation sites is 1. The summed E-state index contributed by atoms with van der Waals surface area (Å²) in [5.74, 6) is -0.130. The molecule has 0 saturated carbocycles. The van der Waals surface area contributed by atoms with Gasteiger partial charge in [0.15, 0.2) is 6.10 Å². The zero-order valence-electron chi connectivity index (χ0n) is 22.4. The van der Waals surface area contributed by atoms with Crippen LogP contribution in [0.15, 0.2) is 72.8 Å². The first-order chi connectivity index (χ1) is 19.4. The van der Waals surface area contributed by atoms with Gasteiger partial charge in [0.1, 0.15) is 23.9 Å². The van der Waals surface area contributed by atoms with Gasteiger partial charge in [-0.2, -0.15) is 0 Å². The maximum atomic E-state index is 13.1. The van der Waals surface area contributed by atoms with E-state index >= 15 is 0 Å². The number of hydrogen-bond acceptors (Lipinski definition) is 5. The molecule has 0 aliphatic carbocycles. The summed E-state index contributed by atoms with van der Waals surface area (Å²) in [6, 6.07) is 19.7. The number of aliphatic carboxylic acids is 1. The number of halogens is 2. The molecule has 10 heteroatoms. The zero-order chi connectivity index (χ0) is 28.7. The molecule has 2 N–H and O–H groups in total. The summed E-state index contributed by atoms with van der Waals surface area (Å²) in [6.07, 6.45) is 0.720. The van der Waals surface area contributed by atoms with E-state index < -0.39 is 12.1 Å². The average molecular weight is 573 g/mol. The van der Waals surface area contributed by atoms with Gasteiger partial charge in [-0.15, -0.1) is 0 Å². The van der Waals surface area contributed by atoms with Crippen LogP contribution < -0.4 is 14.8 Å². The topological polar surface area (TPSA) is 97.3 Å². The second kappa shape index (κ2) is 16.3. The number of unbranched alkanes of at least 4 members (excludes halogenated alkanes) is 1. The smallest absolute Gasteiger partial charge is 0.333 e. The van der Waals surface area contributed by atoms with Gasteiger partial charge >= 0.3 is 12.0 Å². The van der Waals surface area contributed by atoms with Gasteiger partial charge in [-0.05, 0) is 73.9 Å². The molecule has 1 unspecified atom stereocenters. The molecule has 0 aromatic heterocycles. The third kappa shape index (κ3) is 10.4. The summed E-state index contributed by atoms with van der Waals surface area (Å²) in [4.78, 5) is 26.0. The highest BCUT2D eigenvalue weighted by Gasteiger charge is 2.18. The van der Waals surface area contributed by atoms with E-state index in [2.05, 4.69) is 5.32 Å². The number of carboxylic acid groups (broad SMARTS) is 1. The van der Waals surface area contributed by atoms with Gasteiger partial charge in [-0.1, -0.05) is 35.9 Å². The van der Waals surface area contributed by atoms with Crippen molar-refractivity contribution in [3.8, 4) is 11.5 Å². The third-order valence-corrected chi connectivity index (χ3v) is 6.25. The molecule has 40 heavy (non-hydrogen) atoms. The maximum absolute atomic E-state index is 13.1. The Balaban J connectivity index is 1.52. The molecule has 0 spiro atoms. The van der Waals surface area contributed by atoms with Crippen LogP contribution in [0.5, 0.6) is 11.5 Å². The van der Waals surface area contributed by atoms with E-state index in [1.807, 2.05) is 0 Å². The summed E-state index contributed by atoms with van der Waals surface area (Å²) >= 11 is 6.21. The fourth-order valence-electron chi connectivity index (χ4n) is 3.83. The van der Waals surface area contributed by atoms with Crippen molar-refractivity contribution in [1.82, 2.24) is 4.90 Å². The number of ether oxygens (including phenoxy) is 3. The van der Waals surface area contributed by atoms with Crippen LogP contribution in [0.4, 0.5) is 14.9 Å². The first-order valence-electron chi connectivity index (χ1n) is 13.1. The molecule has 1 atom stereocenters. The van der Waals surface area contributed by atoms with Gasteiger partial charge in [0.2, 0.25) is 0 Å². The normalized spacial score (nSPS) is 11.5. The van der Waals surface area contributed by atoms with Crippen LogP contribution in [0.2, 0.25) is 5.02 Å². The van der Waals surface area contributed by atoms with Gasteiger partial charge in [-0.25, -0.2) is 14.0 Å². The fraction of sp³-hybridized carbons (Fsp3) is 0.333. The SMILES string of the molecule is CCOC(Cc1ccc(OCCN(CCCCOc2ccc(F)cc2)C(=O)Nc2ccccc2Cl)cc1)C(=O)O. The monoisotopic (exact) mass is 572 g/mol. The standard InChI is InChI=1S/C30H34ClFN2O6/c1-2-38-28(29(35)36)21-22-9-13-24(14-10-22)40-20-18-34(30(37)33-27-8-4-3-7-26(27)31)17-5-6-19-39-25-15-11-23(32)12-16-25/h3-4,7-16,28H,2,5-6,17-21H2,1H3,(H,33,37)(H,35,36). The first-order valence-corrected chi connectivity index (χ1v) is 13.5. The van der Waals surface area contributed by atoms with E-state index in [9.17, 15) is 19.1 Å². The number of anilines is 1. The summed E-state index contributed by atoms with van der Waals surface area (Å²) in [5.41, 5.74) is 1.33. The number of carbonyl (C=O) groups excluding carboxylic acids is 1. The van der Waals surface area contributed by atoms with E-state index in [0.717, 1.165) is 5.56 Å². The number of amides is 2. The van der Waals surface area contributed by atoms with Crippen LogP contribution in [-0.2, 0) is 16.0 Å². The molecule has 0 heterocycles. The Labute approximate surface area is 238 Å². The molecule has 0 bridgehead atoms. The highest BCUT2D eigenvalue weighted by Crippen LogP contribution is 2.21. The minimum absolute atomic E-state index is 0.248. The average Bonchev–Trinajstić information content (AvgIpc) is 2.94. The molecule has 0 fully saturated rings. The third-order valence-electron chi connectivity index (χ3n) is 5.93. The molecule has 0 radical (unpaired) electrons. The van der Waals surface area contributed by atoms with Crippen molar-refractivity contribution < 1.29 is 33.3 Å². The number of carbonyl (C=O) groups is 2. The van der Waals surface area contributed by atoms with E-state index in [1.54, 1.807) is 72.5 Å². The number of urea groups is 1. The lowest BCUT2D eigenvalue weighted by Crippen LogP contribution is -2.38. The zero-order valence-corrected chi connectivity index (χ0v) is 23.1. The van der Waals surface area contributed by atoms with Crippen molar-refractivity contribution in [2.45, 2.75) is 32.3 Å². The highest BCUT2D eigenvalue weighted by molar-refractivity contribution is 6.33. The lowest BCUT2D eigenvalue weighted by molar-refractivity contribution is -0.149. The lowest BCUT2D eigenvalue weighted by atomic mass is 10.1. The Hall–Kier alpha value is -3.82. The summed E-state index contributed by atoms with van der Waals surface area (Å²) in [6.45, 7) is 3.53. The van der Waals surface area contributed by atoms with Crippen LogP contribution in [0.1, 0.15) is 25.3 Å². The number of nitrogens with zero attached hydrogens (tertiary/aromatic N) is 1. The van der Waals surface area contributed by atoms with Crippen LogP contribution >= 0.6 is 11.6 Å². The number of benzene rings is 3. The van der Waals surface area contributed by atoms with Crippen molar-refractivity contribution >= 4 is 29.3 Å². The molecule has 3 aromatic carbocycles. The van der Waals surface area contributed by atoms with Crippen molar-refractivity contribution in [1.29, 1.82) is 0 Å². The quantitative estimate of drug-likeness (QED) is 0.196. The molecule has 3 rings (SSSR count). The number of rotatable bonds is 16. The Morgan fingerprint density at radius 2 is 1.57 bits per heavy atom. The number of nitrogens with one attached hydrogen (secondary N) is 1. The molecular weight excluding hydrogens is 539 g/mol. The second-order valence-corrected chi connectivity index (χ2v) is 9.29. The van der Waals surface area contributed by atoms with Crippen LogP contribution in [0, 0.1) is 5.82 Å². The molecule has 214 valence electrons. The van der Waals surface area contributed by atoms with Crippen molar-refractivity contribution in [3.63, 3.8) is 0 Å². The molecule has 8 nitrogen and oxygen atoms in total. The number of hydrogen-bond donors (Lipinski definition) is 2. The predicted molar refractivity (Wildman–Crippen MR) is 152 cm³/mol. The molecule has 0 saturated heterocycles. The summed E-state index contributed by atoms with van der Waals surface area (Å²) in [5, 5.41) is 12.6. The summed E-state index contributed by atoms with van der Waals surface area (Å²) < 4.78 is 29.8. The minimum Gasteiger partial charge on any atom is -0.494 e. The second-order valence-electron chi connectivity index (χ2n) is 8.89. The van der Waals surface area contributed by atoms with Gasteiger partial charge in [0.05, 0.1) is 23.9 Å². The van der Waals surface area contributed by atoms with Gasteiger partial charge in [0.25, 0.3) is 0 Å². The summed E-state index contributed by atoms with van der Waals surface area (Å²) in [7, 11) is 0. The van der Waals surface area contributed by atoms with Crippen LogP contribution in [0.3, 0.4) is 0 Å².